The van der Waals surface area contributed by atoms with E-state index in [9.17, 15) is 0 Å². The maximum atomic E-state index is 5.68. The van der Waals surface area contributed by atoms with E-state index in [1.54, 1.807) is 12.2 Å². The highest BCUT2D eigenvalue weighted by Gasteiger charge is 2.20. The van der Waals surface area contributed by atoms with Gasteiger partial charge in [0.1, 0.15) is 24.7 Å². The zero-order valence-corrected chi connectivity index (χ0v) is 18.1. The third-order valence-electron chi connectivity index (χ3n) is 6.06. The molecule has 0 atom stereocenters. The first-order chi connectivity index (χ1) is 15.8. The number of rotatable bonds is 8. The Bertz CT molecular complexity index is 1180. The lowest BCUT2D eigenvalue weighted by molar-refractivity contribution is 0.363. The lowest BCUT2D eigenvalue weighted by Gasteiger charge is -2.15. The Hall–Kier alpha value is -3.78. The zero-order chi connectivity index (χ0) is 21.9. The van der Waals surface area contributed by atoms with Crippen molar-refractivity contribution in [2.75, 3.05) is 13.2 Å². The summed E-state index contributed by atoms with van der Waals surface area (Å²) < 4.78 is 11.4. The van der Waals surface area contributed by atoms with E-state index in [0.29, 0.717) is 13.2 Å². The normalized spacial score (nSPS) is 12.0. The van der Waals surface area contributed by atoms with E-state index < -0.39 is 0 Å². The predicted octanol–water partition coefficient (Wildman–Crippen LogP) is 7.40. The van der Waals surface area contributed by atoms with Crippen molar-refractivity contribution in [3.8, 4) is 33.8 Å². The van der Waals surface area contributed by atoms with Crippen LogP contribution in [0.5, 0.6) is 11.5 Å². The largest absolute Gasteiger partial charge is 0.490 e. The van der Waals surface area contributed by atoms with Crippen molar-refractivity contribution in [1.29, 1.82) is 0 Å². The molecule has 0 aliphatic heterocycles. The third kappa shape index (κ3) is 3.69. The van der Waals surface area contributed by atoms with E-state index in [0.717, 1.165) is 24.3 Å². The van der Waals surface area contributed by atoms with Crippen LogP contribution in [-0.4, -0.2) is 13.2 Å². The standard InChI is InChI=1S/C30H26O2/c1-3-19-31-25-13-7-21(8-14-25)27-17-11-23-5-6-24-12-18-28(30(27)29(23)24)22-9-15-26(16-10-22)32-20-4-2/h3-4,7-18H,1-2,5-6,19-20H2. The van der Waals surface area contributed by atoms with Crippen LogP contribution in [-0.2, 0) is 12.8 Å². The van der Waals surface area contributed by atoms with Crippen molar-refractivity contribution >= 4 is 10.8 Å². The second-order valence-corrected chi connectivity index (χ2v) is 8.04. The molecule has 158 valence electrons. The summed E-state index contributed by atoms with van der Waals surface area (Å²) in [6.45, 7) is 8.46. The van der Waals surface area contributed by atoms with Gasteiger partial charge in [0, 0.05) is 0 Å². The van der Waals surface area contributed by atoms with E-state index in [-0.39, 0.29) is 0 Å². The van der Waals surface area contributed by atoms with Crippen molar-refractivity contribution in [3.05, 3.63) is 109 Å². The van der Waals surface area contributed by atoms with Crippen LogP contribution in [0.15, 0.2) is 98.1 Å². The van der Waals surface area contributed by atoms with Gasteiger partial charge in [0.25, 0.3) is 0 Å². The van der Waals surface area contributed by atoms with Gasteiger partial charge >= 0.3 is 0 Å². The highest BCUT2D eigenvalue weighted by Crippen LogP contribution is 2.43. The van der Waals surface area contributed by atoms with Gasteiger partial charge in [-0.15, -0.1) is 0 Å². The lowest BCUT2D eigenvalue weighted by Crippen LogP contribution is -1.93. The maximum Gasteiger partial charge on any atom is 0.119 e. The molecular weight excluding hydrogens is 392 g/mol. The Kier molecular flexibility index (Phi) is 5.51. The molecule has 0 aromatic heterocycles. The van der Waals surface area contributed by atoms with E-state index in [4.69, 9.17) is 9.47 Å². The molecule has 4 aromatic rings. The number of ether oxygens (including phenoxy) is 2. The SMILES string of the molecule is C=CCOc1ccc(-c2ccc3c4c(ccc(-c5ccc(OCC=C)cc5)c24)CC3)cc1. The van der Waals surface area contributed by atoms with Crippen LogP contribution in [0.4, 0.5) is 0 Å². The smallest absolute Gasteiger partial charge is 0.119 e. The molecule has 4 aromatic carbocycles. The molecule has 0 heterocycles. The number of hydrogen-bond donors (Lipinski definition) is 0. The van der Waals surface area contributed by atoms with Crippen molar-refractivity contribution < 1.29 is 9.47 Å². The molecule has 1 aliphatic carbocycles. The summed E-state index contributed by atoms with van der Waals surface area (Å²) in [4.78, 5) is 0. The molecule has 5 rings (SSSR count). The molecule has 0 spiro atoms. The summed E-state index contributed by atoms with van der Waals surface area (Å²) >= 11 is 0. The molecule has 0 unspecified atom stereocenters. The molecule has 0 bridgehead atoms. The maximum absolute atomic E-state index is 5.68. The molecule has 2 nitrogen and oxygen atoms in total. The second-order valence-electron chi connectivity index (χ2n) is 8.04. The Morgan fingerprint density at radius 1 is 0.562 bits per heavy atom. The number of hydrogen-bond acceptors (Lipinski definition) is 2. The first-order valence-electron chi connectivity index (χ1n) is 11.0. The first kappa shape index (κ1) is 20.1. The second kappa shape index (κ2) is 8.76. The fourth-order valence-electron chi connectivity index (χ4n) is 4.58. The summed E-state index contributed by atoms with van der Waals surface area (Å²) in [6.07, 6.45) is 5.74. The van der Waals surface area contributed by atoms with E-state index in [2.05, 4.69) is 61.7 Å². The number of benzene rings is 4. The van der Waals surface area contributed by atoms with Crippen molar-refractivity contribution in [1.82, 2.24) is 0 Å². The lowest BCUT2D eigenvalue weighted by atomic mass is 9.89. The Morgan fingerprint density at radius 2 is 1.00 bits per heavy atom. The molecule has 1 aliphatic rings. The zero-order valence-electron chi connectivity index (χ0n) is 18.1. The first-order valence-corrected chi connectivity index (χ1v) is 11.0. The van der Waals surface area contributed by atoms with Gasteiger partial charge in [-0.1, -0.05) is 73.8 Å². The molecule has 0 radical (unpaired) electrons. The number of aryl methyl sites for hydroxylation is 2. The van der Waals surface area contributed by atoms with E-state index in [1.807, 2.05) is 24.3 Å². The van der Waals surface area contributed by atoms with Gasteiger partial charge in [0.15, 0.2) is 0 Å². The summed E-state index contributed by atoms with van der Waals surface area (Å²) in [6, 6.07) is 25.9. The van der Waals surface area contributed by atoms with E-state index in [1.165, 1.54) is 44.2 Å². The summed E-state index contributed by atoms with van der Waals surface area (Å²) in [5.41, 5.74) is 7.78. The van der Waals surface area contributed by atoms with Crippen molar-refractivity contribution in [3.63, 3.8) is 0 Å². The minimum Gasteiger partial charge on any atom is -0.490 e. The Labute approximate surface area is 189 Å². The molecular formula is C30H26O2. The van der Waals surface area contributed by atoms with Crippen LogP contribution >= 0.6 is 0 Å². The van der Waals surface area contributed by atoms with Gasteiger partial charge in [-0.2, -0.15) is 0 Å². The van der Waals surface area contributed by atoms with Crippen LogP contribution < -0.4 is 9.47 Å². The van der Waals surface area contributed by atoms with Gasteiger partial charge in [-0.05, 0) is 81.3 Å². The quantitative estimate of drug-likeness (QED) is 0.278. The summed E-state index contributed by atoms with van der Waals surface area (Å²) in [5, 5.41) is 2.75. The Balaban J connectivity index is 1.63. The van der Waals surface area contributed by atoms with Gasteiger partial charge in [0.2, 0.25) is 0 Å². The van der Waals surface area contributed by atoms with Gasteiger partial charge in [-0.25, -0.2) is 0 Å². The van der Waals surface area contributed by atoms with Crippen LogP contribution in [0, 0.1) is 0 Å². The van der Waals surface area contributed by atoms with Crippen LogP contribution in [0.2, 0.25) is 0 Å². The van der Waals surface area contributed by atoms with Crippen LogP contribution in [0.25, 0.3) is 33.0 Å². The van der Waals surface area contributed by atoms with Crippen LogP contribution in [0.3, 0.4) is 0 Å². The van der Waals surface area contributed by atoms with Gasteiger partial charge < -0.3 is 9.47 Å². The molecule has 0 fully saturated rings. The minimum absolute atomic E-state index is 0.511. The molecule has 2 heteroatoms. The molecule has 0 N–H and O–H groups in total. The van der Waals surface area contributed by atoms with Gasteiger partial charge in [-0.3, -0.25) is 0 Å². The fraction of sp³-hybridized carbons (Fsp3) is 0.133. The average molecular weight is 419 g/mol. The highest BCUT2D eigenvalue weighted by molar-refractivity contribution is 6.09. The molecule has 0 saturated heterocycles. The minimum atomic E-state index is 0.511. The summed E-state index contributed by atoms with van der Waals surface area (Å²) in [7, 11) is 0. The monoisotopic (exact) mass is 418 g/mol. The van der Waals surface area contributed by atoms with E-state index >= 15 is 0 Å². The Morgan fingerprint density at radius 3 is 1.41 bits per heavy atom. The predicted molar refractivity (Wildman–Crippen MR) is 134 cm³/mol. The van der Waals surface area contributed by atoms with Crippen molar-refractivity contribution in [2.24, 2.45) is 0 Å². The molecule has 32 heavy (non-hydrogen) atoms. The van der Waals surface area contributed by atoms with Crippen molar-refractivity contribution in [2.45, 2.75) is 12.8 Å². The van der Waals surface area contributed by atoms with Gasteiger partial charge in [0.05, 0.1) is 0 Å². The molecule has 0 saturated carbocycles. The third-order valence-corrected chi connectivity index (χ3v) is 6.06. The highest BCUT2D eigenvalue weighted by atomic mass is 16.5. The topological polar surface area (TPSA) is 18.5 Å². The average Bonchev–Trinajstić information content (AvgIpc) is 3.27. The summed E-state index contributed by atoms with van der Waals surface area (Å²) in [5.74, 6) is 1.71. The molecule has 0 amide bonds. The van der Waals surface area contributed by atoms with Crippen LogP contribution in [0.1, 0.15) is 11.1 Å². The fourth-order valence-corrected chi connectivity index (χ4v) is 4.58.